The topological polar surface area (TPSA) is 87.6 Å². The van der Waals surface area contributed by atoms with Gasteiger partial charge in [-0.25, -0.2) is 9.37 Å². The average molecular weight is 354 g/mol. The molecule has 7 nitrogen and oxygen atoms in total. The van der Waals surface area contributed by atoms with E-state index >= 15 is 0 Å². The summed E-state index contributed by atoms with van der Waals surface area (Å²) >= 11 is 0. The van der Waals surface area contributed by atoms with Crippen LogP contribution in [0.4, 0.5) is 4.39 Å². The molecule has 1 aliphatic rings. The third-order valence-corrected chi connectivity index (χ3v) is 4.60. The van der Waals surface area contributed by atoms with Gasteiger partial charge in [-0.15, -0.1) is 0 Å². The summed E-state index contributed by atoms with van der Waals surface area (Å²) in [6.07, 6.45) is 4.24. The van der Waals surface area contributed by atoms with Crippen molar-refractivity contribution >= 4 is 5.91 Å². The fraction of sp³-hybridized carbons (Fsp3) is 0.278. The minimum Gasteiger partial charge on any atom is -0.337 e. The molecular formula is C18H19FN6O. The molecular weight excluding hydrogens is 335 g/mol. The predicted molar refractivity (Wildman–Crippen MR) is 92.9 cm³/mol. The van der Waals surface area contributed by atoms with Crippen molar-refractivity contribution in [3.63, 3.8) is 0 Å². The second kappa shape index (κ2) is 6.72. The summed E-state index contributed by atoms with van der Waals surface area (Å²) in [5.74, 6) is -0.0627. The van der Waals surface area contributed by atoms with Crippen molar-refractivity contribution in [1.82, 2.24) is 30.4 Å². The Morgan fingerprint density at radius 2 is 2.31 bits per heavy atom. The number of aromatic nitrogens is 4. The third kappa shape index (κ3) is 2.99. The number of rotatable bonds is 4. The highest BCUT2D eigenvalue weighted by molar-refractivity contribution is 5.94. The Labute approximate surface area is 149 Å². The number of amides is 1. The summed E-state index contributed by atoms with van der Waals surface area (Å²) in [5.41, 5.74) is 2.85. The Hall–Kier alpha value is -3.00. The van der Waals surface area contributed by atoms with E-state index in [1.165, 1.54) is 12.1 Å². The number of aryl methyl sites for hydroxylation is 1. The van der Waals surface area contributed by atoms with E-state index in [-0.39, 0.29) is 11.7 Å². The third-order valence-electron chi connectivity index (χ3n) is 4.60. The van der Waals surface area contributed by atoms with Gasteiger partial charge in [0, 0.05) is 50.2 Å². The lowest BCUT2D eigenvalue weighted by Gasteiger charge is -2.19. The quantitative estimate of drug-likeness (QED) is 0.662. The standard InChI is InChI=1S/C18H19FN6O/c1-25-8-7-21-17(25)15(11-3-2-4-12(19)9-11)22-18(26)16-13-10-20-6-5-14(13)23-24-16/h2-4,7-9,15,20H,5-6,10H2,1H3,(H,22,26)(H,23,24). The van der Waals surface area contributed by atoms with Gasteiger partial charge in [0.05, 0.1) is 0 Å². The van der Waals surface area contributed by atoms with E-state index in [2.05, 4.69) is 25.8 Å². The van der Waals surface area contributed by atoms with Crippen LogP contribution in [0.3, 0.4) is 0 Å². The normalized spacial score (nSPS) is 14.7. The Balaban J connectivity index is 1.68. The molecule has 0 saturated carbocycles. The lowest BCUT2D eigenvalue weighted by Crippen LogP contribution is -2.33. The Kier molecular flexibility index (Phi) is 4.26. The van der Waals surface area contributed by atoms with Crippen LogP contribution >= 0.6 is 0 Å². The second-order valence-corrected chi connectivity index (χ2v) is 6.31. The van der Waals surface area contributed by atoms with Gasteiger partial charge in [0.25, 0.3) is 5.91 Å². The van der Waals surface area contributed by atoms with Crippen LogP contribution in [-0.2, 0) is 20.0 Å². The summed E-state index contributed by atoms with van der Waals surface area (Å²) in [5, 5.41) is 13.3. The molecule has 2 aromatic heterocycles. The molecule has 4 rings (SSSR count). The van der Waals surface area contributed by atoms with E-state index in [4.69, 9.17) is 0 Å². The van der Waals surface area contributed by atoms with Crippen molar-refractivity contribution < 1.29 is 9.18 Å². The molecule has 0 spiro atoms. The first kappa shape index (κ1) is 16.5. The summed E-state index contributed by atoms with van der Waals surface area (Å²) in [6, 6.07) is 5.58. The van der Waals surface area contributed by atoms with Crippen molar-refractivity contribution in [2.45, 2.75) is 19.0 Å². The molecule has 0 saturated heterocycles. The van der Waals surface area contributed by atoms with E-state index in [1.54, 1.807) is 29.1 Å². The van der Waals surface area contributed by atoms with Crippen molar-refractivity contribution in [3.8, 4) is 0 Å². The monoisotopic (exact) mass is 354 g/mol. The van der Waals surface area contributed by atoms with Gasteiger partial charge in [0.15, 0.2) is 5.69 Å². The maximum absolute atomic E-state index is 13.7. The van der Waals surface area contributed by atoms with Gasteiger partial charge >= 0.3 is 0 Å². The molecule has 26 heavy (non-hydrogen) atoms. The number of halogens is 1. The number of aromatic amines is 1. The van der Waals surface area contributed by atoms with Gasteiger partial charge in [-0.3, -0.25) is 9.89 Å². The van der Waals surface area contributed by atoms with Crippen LogP contribution in [0.1, 0.15) is 39.2 Å². The first-order valence-electron chi connectivity index (χ1n) is 8.44. The minimum absolute atomic E-state index is 0.316. The predicted octanol–water partition coefficient (Wildman–Crippen LogP) is 1.45. The fourth-order valence-corrected chi connectivity index (χ4v) is 3.25. The molecule has 3 heterocycles. The van der Waals surface area contributed by atoms with Crippen LogP contribution in [0, 0.1) is 5.82 Å². The highest BCUT2D eigenvalue weighted by Crippen LogP contribution is 2.23. The number of hydrogen-bond donors (Lipinski definition) is 3. The first-order chi connectivity index (χ1) is 12.6. The van der Waals surface area contributed by atoms with E-state index in [0.29, 0.717) is 23.6 Å². The molecule has 1 atom stereocenters. The Morgan fingerprint density at radius 3 is 3.08 bits per heavy atom. The molecule has 3 N–H and O–H groups in total. The van der Waals surface area contributed by atoms with E-state index in [1.807, 2.05) is 7.05 Å². The minimum atomic E-state index is -0.581. The van der Waals surface area contributed by atoms with Gasteiger partial charge in [-0.2, -0.15) is 5.10 Å². The van der Waals surface area contributed by atoms with Crippen LogP contribution in [0.2, 0.25) is 0 Å². The second-order valence-electron chi connectivity index (χ2n) is 6.31. The fourth-order valence-electron chi connectivity index (χ4n) is 3.25. The van der Waals surface area contributed by atoms with Crippen LogP contribution in [-0.4, -0.2) is 32.2 Å². The van der Waals surface area contributed by atoms with Gasteiger partial charge in [-0.05, 0) is 17.7 Å². The Morgan fingerprint density at radius 1 is 1.42 bits per heavy atom. The smallest absolute Gasteiger partial charge is 0.272 e. The highest BCUT2D eigenvalue weighted by atomic mass is 19.1. The SMILES string of the molecule is Cn1ccnc1C(NC(=O)c1n[nH]c2c1CNCC2)c1cccc(F)c1. The molecule has 1 aliphatic heterocycles. The average Bonchev–Trinajstić information content (AvgIpc) is 3.26. The highest BCUT2D eigenvalue weighted by Gasteiger charge is 2.26. The van der Waals surface area contributed by atoms with Crippen LogP contribution < -0.4 is 10.6 Å². The number of H-pyrrole nitrogens is 1. The molecule has 1 amide bonds. The lowest BCUT2D eigenvalue weighted by molar-refractivity contribution is 0.0935. The largest absolute Gasteiger partial charge is 0.337 e. The molecule has 0 aliphatic carbocycles. The molecule has 0 radical (unpaired) electrons. The van der Waals surface area contributed by atoms with Gasteiger partial charge in [0.2, 0.25) is 0 Å². The number of carbonyl (C=O) groups is 1. The summed E-state index contributed by atoms with van der Waals surface area (Å²) in [6.45, 7) is 1.46. The number of imidazole rings is 1. The van der Waals surface area contributed by atoms with E-state index in [9.17, 15) is 9.18 Å². The molecule has 1 unspecified atom stereocenters. The van der Waals surface area contributed by atoms with Crippen LogP contribution in [0.15, 0.2) is 36.7 Å². The van der Waals surface area contributed by atoms with Gasteiger partial charge in [0.1, 0.15) is 17.7 Å². The number of hydrogen-bond acceptors (Lipinski definition) is 4. The van der Waals surface area contributed by atoms with Crippen LogP contribution in [0.5, 0.6) is 0 Å². The maximum Gasteiger partial charge on any atom is 0.272 e. The molecule has 0 fully saturated rings. The van der Waals surface area contributed by atoms with Crippen molar-refractivity contribution in [2.75, 3.05) is 6.54 Å². The summed E-state index contributed by atoms with van der Waals surface area (Å²) in [7, 11) is 1.83. The summed E-state index contributed by atoms with van der Waals surface area (Å²) < 4.78 is 15.5. The lowest BCUT2D eigenvalue weighted by atomic mass is 10.0. The van der Waals surface area contributed by atoms with Crippen LogP contribution in [0.25, 0.3) is 0 Å². The molecule has 1 aromatic carbocycles. The molecule has 0 bridgehead atoms. The zero-order valence-electron chi connectivity index (χ0n) is 14.3. The number of benzene rings is 1. The van der Waals surface area contributed by atoms with Crippen molar-refractivity contribution in [2.24, 2.45) is 7.05 Å². The number of carbonyl (C=O) groups excluding carboxylic acids is 1. The van der Waals surface area contributed by atoms with E-state index in [0.717, 1.165) is 24.2 Å². The maximum atomic E-state index is 13.7. The van der Waals surface area contributed by atoms with Crippen molar-refractivity contribution in [3.05, 3.63) is 70.8 Å². The Bertz CT molecular complexity index is 947. The van der Waals surface area contributed by atoms with Gasteiger partial charge in [-0.1, -0.05) is 12.1 Å². The number of nitrogens with one attached hydrogen (secondary N) is 3. The molecule has 3 aromatic rings. The number of fused-ring (bicyclic) bond motifs is 1. The zero-order chi connectivity index (χ0) is 18.1. The van der Waals surface area contributed by atoms with Crippen molar-refractivity contribution in [1.29, 1.82) is 0 Å². The zero-order valence-corrected chi connectivity index (χ0v) is 14.3. The molecule has 134 valence electrons. The van der Waals surface area contributed by atoms with E-state index < -0.39 is 6.04 Å². The van der Waals surface area contributed by atoms with Gasteiger partial charge < -0.3 is 15.2 Å². The first-order valence-corrected chi connectivity index (χ1v) is 8.44. The number of nitrogens with zero attached hydrogens (tertiary/aromatic N) is 3. The molecule has 8 heteroatoms. The summed E-state index contributed by atoms with van der Waals surface area (Å²) in [4.78, 5) is 17.2.